The second-order valence-corrected chi connectivity index (χ2v) is 7.65. The molecule has 6 heteroatoms. The third kappa shape index (κ3) is 4.41. The summed E-state index contributed by atoms with van der Waals surface area (Å²) in [5.41, 5.74) is 4.68. The van der Waals surface area contributed by atoms with Crippen molar-refractivity contribution in [1.29, 1.82) is 0 Å². The molecule has 2 atom stereocenters. The second-order valence-electron chi connectivity index (χ2n) is 7.65. The van der Waals surface area contributed by atoms with Crippen molar-refractivity contribution in [3.8, 4) is 0 Å². The molecule has 26 heavy (non-hydrogen) atoms. The van der Waals surface area contributed by atoms with Crippen LogP contribution in [0.4, 0.5) is 8.78 Å². The molecule has 3 rings (SSSR count). The predicted octanol–water partition coefficient (Wildman–Crippen LogP) is 2.63. The van der Waals surface area contributed by atoms with Gasteiger partial charge in [-0.2, -0.15) is 0 Å². The van der Waals surface area contributed by atoms with Crippen LogP contribution < -0.4 is 5.73 Å². The van der Waals surface area contributed by atoms with E-state index in [-0.39, 0.29) is 41.6 Å². The van der Waals surface area contributed by atoms with Gasteiger partial charge < -0.3 is 15.4 Å². The second kappa shape index (κ2) is 8.44. The molecule has 0 bridgehead atoms. The zero-order chi connectivity index (χ0) is 18.7. The Morgan fingerprint density at radius 2 is 1.96 bits per heavy atom. The average molecular weight is 367 g/mol. The van der Waals surface area contributed by atoms with Gasteiger partial charge in [0, 0.05) is 19.9 Å². The lowest BCUT2D eigenvalue weighted by atomic mass is 9.82. The molecule has 4 nitrogen and oxygen atoms in total. The monoisotopic (exact) mass is 367 g/mol. The quantitative estimate of drug-likeness (QED) is 0.889. The van der Waals surface area contributed by atoms with Crippen LogP contribution in [-0.2, 0) is 9.53 Å². The van der Waals surface area contributed by atoms with Crippen LogP contribution in [0.3, 0.4) is 0 Å². The normalized spacial score (nSPS) is 29.6. The van der Waals surface area contributed by atoms with Crippen molar-refractivity contribution < 1.29 is 24.0 Å². The van der Waals surface area contributed by atoms with E-state index >= 15 is 0 Å². The number of rotatable bonds is 4. The summed E-state index contributed by atoms with van der Waals surface area (Å²) in [5, 5.41) is 0. The van der Waals surface area contributed by atoms with Gasteiger partial charge in [-0.15, -0.1) is 0 Å². The molecule has 1 amide bonds. The van der Waals surface area contributed by atoms with E-state index in [4.69, 9.17) is 4.74 Å². The molecule has 2 unspecified atom stereocenters. The number of likely N-dealkylation sites (tertiary alicyclic amines) is 1. The van der Waals surface area contributed by atoms with Gasteiger partial charge in [0.15, 0.2) is 0 Å². The molecule has 2 fully saturated rings. The summed E-state index contributed by atoms with van der Waals surface area (Å²) in [7, 11) is 0. The number of piperidine rings is 1. The molecule has 1 aromatic carbocycles. The first-order valence-corrected chi connectivity index (χ1v) is 9.62. The van der Waals surface area contributed by atoms with Crippen LogP contribution in [-0.4, -0.2) is 42.1 Å². The SMILES string of the molecule is CC(=O)N1CCCC([NH3+])C1COC1CCC(c2cc(F)ccc2F)CC1. The van der Waals surface area contributed by atoms with E-state index in [1.807, 2.05) is 4.90 Å². The molecule has 0 aromatic heterocycles. The number of hydrogen-bond acceptors (Lipinski definition) is 2. The minimum Gasteiger partial charge on any atom is -0.376 e. The summed E-state index contributed by atoms with van der Waals surface area (Å²) >= 11 is 0. The molecule has 1 aromatic rings. The minimum atomic E-state index is -0.386. The highest BCUT2D eigenvalue weighted by Crippen LogP contribution is 2.35. The summed E-state index contributed by atoms with van der Waals surface area (Å²) < 4.78 is 33.5. The first-order chi connectivity index (χ1) is 12.5. The van der Waals surface area contributed by atoms with Crippen LogP contribution in [0.2, 0.25) is 0 Å². The van der Waals surface area contributed by atoms with E-state index < -0.39 is 0 Å². The van der Waals surface area contributed by atoms with E-state index in [0.717, 1.165) is 51.1 Å². The molecule has 3 N–H and O–H groups in total. The Morgan fingerprint density at radius 3 is 2.65 bits per heavy atom. The molecule has 1 aliphatic carbocycles. The topological polar surface area (TPSA) is 57.2 Å². The van der Waals surface area contributed by atoms with Crippen LogP contribution in [0, 0.1) is 11.6 Å². The Balaban J connectivity index is 1.52. The summed E-state index contributed by atoms with van der Waals surface area (Å²) in [5.74, 6) is -0.579. The smallest absolute Gasteiger partial charge is 0.219 e. The molecule has 1 aliphatic heterocycles. The number of halogens is 2. The Hall–Kier alpha value is -1.53. The van der Waals surface area contributed by atoms with E-state index in [0.29, 0.717) is 12.2 Å². The van der Waals surface area contributed by atoms with Gasteiger partial charge in [0.2, 0.25) is 5.91 Å². The number of carbonyl (C=O) groups excluding carboxylic acids is 1. The number of quaternary nitrogens is 1. The Kier molecular flexibility index (Phi) is 6.24. The number of ether oxygens (including phenoxy) is 1. The van der Waals surface area contributed by atoms with Gasteiger partial charge in [0.1, 0.15) is 23.7 Å². The highest BCUT2D eigenvalue weighted by Gasteiger charge is 2.34. The zero-order valence-corrected chi connectivity index (χ0v) is 15.4. The van der Waals surface area contributed by atoms with Gasteiger partial charge in [-0.25, -0.2) is 8.78 Å². The van der Waals surface area contributed by atoms with Crippen molar-refractivity contribution in [2.75, 3.05) is 13.2 Å². The third-order valence-electron chi connectivity index (χ3n) is 5.90. The standard InChI is InChI=1S/C20H28F2N2O2/c1-13(25)24-10-2-3-19(23)20(24)12-26-16-7-4-14(5-8-16)17-11-15(21)6-9-18(17)22/h6,9,11,14,16,19-20H,2-5,7-8,10,12,23H2,1H3/p+1. The van der Waals surface area contributed by atoms with Crippen molar-refractivity contribution in [1.82, 2.24) is 4.90 Å². The Bertz CT molecular complexity index is 632. The maximum Gasteiger partial charge on any atom is 0.219 e. The number of carbonyl (C=O) groups is 1. The maximum atomic E-state index is 14.0. The minimum absolute atomic E-state index is 0.0413. The van der Waals surface area contributed by atoms with E-state index in [2.05, 4.69) is 5.73 Å². The van der Waals surface area contributed by atoms with Crippen molar-refractivity contribution >= 4 is 5.91 Å². The maximum absolute atomic E-state index is 14.0. The molecule has 1 heterocycles. The lowest BCUT2D eigenvalue weighted by Crippen LogP contribution is -2.73. The Labute approximate surface area is 153 Å². The molecular weight excluding hydrogens is 338 g/mol. The van der Waals surface area contributed by atoms with Crippen molar-refractivity contribution in [3.63, 3.8) is 0 Å². The molecule has 2 aliphatic rings. The van der Waals surface area contributed by atoms with Crippen LogP contribution >= 0.6 is 0 Å². The van der Waals surface area contributed by atoms with Gasteiger partial charge in [0.25, 0.3) is 0 Å². The largest absolute Gasteiger partial charge is 0.376 e. The van der Waals surface area contributed by atoms with Gasteiger partial charge in [-0.1, -0.05) is 0 Å². The van der Waals surface area contributed by atoms with E-state index in [1.54, 1.807) is 6.92 Å². The Morgan fingerprint density at radius 1 is 1.23 bits per heavy atom. The van der Waals surface area contributed by atoms with Gasteiger partial charge >= 0.3 is 0 Å². The average Bonchev–Trinajstić information content (AvgIpc) is 2.63. The lowest BCUT2D eigenvalue weighted by molar-refractivity contribution is -0.438. The highest BCUT2D eigenvalue weighted by atomic mass is 19.1. The van der Waals surface area contributed by atoms with Gasteiger partial charge in [-0.05, 0) is 61.8 Å². The van der Waals surface area contributed by atoms with Crippen LogP contribution in [0.5, 0.6) is 0 Å². The molecular formula is C20H29F2N2O2+. The number of amides is 1. The van der Waals surface area contributed by atoms with Crippen LogP contribution in [0.1, 0.15) is 56.9 Å². The fraction of sp³-hybridized carbons (Fsp3) is 0.650. The van der Waals surface area contributed by atoms with E-state index in [9.17, 15) is 13.6 Å². The number of benzene rings is 1. The number of nitrogens with zero attached hydrogens (tertiary/aromatic N) is 1. The molecule has 144 valence electrons. The molecule has 1 saturated heterocycles. The van der Waals surface area contributed by atoms with Crippen LogP contribution in [0.15, 0.2) is 18.2 Å². The van der Waals surface area contributed by atoms with Gasteiger partial charge in [0.05, 0.1) is 12.7 Å². The lowest BCUT2D eigenvalue weighted by Gasteiger charge is -2.38. The number of hydrogen-bond donors (Lipinski definition) is 1. The van der Waals surface area contributed by atoms with E-state index in [1.165, 1.54) is 12.1 Å². The predicted molar refractivity (Wildman–Crippen MR) is 94.4 cm³/mol. The third-order valence-corrected chi connectivity index (χ3v) is 5.90. The summed E-state index contributed by atoms with van der Waals surface area (Å²) in [6, 6.07) is 3.93. The van der Waals surface area contributed by atoms with Crippen molar-refractivity contribution in [3.05, 3.63) is 35.4 Å². The molecule has 0 radical (unpaired) electrons. The first kappa shape index (κ1) is 19.2. The zero-order valence-electron chi connectivity index (χ0n) is 15.4. The fourth-order valence-electron chi connectivity index (χ4n) is 4.36. The van der Waals surface area contributed by atoms with Crippen molar-refractivity contribution in [2.24, 2.45) is 0 Å². The van der Waals surface area contributed by atoms with Crippen molar-refractivity contribution in [2.45, 2.75) is 69.6 Å². The summed E-state index contributed by atoms with van der Waals surface area (Å²) in [6.07, 6.45) is 5.37. The summed E-state index contributed by atoms with van der Waals surface area (Å²) in [4.78, 5) is 13.7. The fourth-order valence-corrected chi connectivity index (χ4v) is 4.36. The summed E-state index contributed by atoms with van der Waals surface area (Å²) in [6.45, 7) is 2.89. The van der Waals surface area contributed by atoms with Gasteiger partial charge in [-0.3, -0.25) is 4.79 Å². The highest BCUT2D eigenvalue weighted by molar-refractivity contribution is 5.73. The molecule has 0 spiro atoms. The first-order valence-electron chi connectivity index (χ1n) is 9.62. The van der Waals surface area contributed by atoms with Crippen LogP contribution in [0.25, 0.3) is 0 Å². The molecule has 1 saturated carbocycles.